The van der Waals surface area contributed by atoms with Gasteiger partial charge in [-0.15, -0.1) is 0 Å². The van der Waals surface area contributed by atoms with E-state index in [0.717, 1.165) is 13.0 Å². The zero-order valence-electron chi connectivity index (χ0n) is 12.3. The number of rotatable bonds is 5. The van der Waals surface area contributed by atoms with Gasteiger partial charge in [0.1, 0.15) is 0 Å². The molecule has 1 saturated carbocycles. The summed E-state index contributed by atoms with van der Waals surface area (Å²) in [6.45, 7) is 6.32. The summed E-state index contributed by atoms with van der Waals surface area (Å²) in [5.41, 5.74) is 2.56. The van der Waals surface area contributed by atoms with Crippen LogP contribution >= 0.6 is 0 Å². The van der Waals surface area contributed by atoms with Gasteiger partial charge < -0.3 is 5.32 Å². The van der Waals surface area contributed by atoms with E-state index in [2.05, 4.69) is 41.4 Å². The van der Waals surface area contributed by atoms with Crippen molar-refractivity contribution in [1.29, 1.82) is 0 Å². The van der Waals surface area contributed by atoms with E-state index in [-0.39, 0.29) is 11.8 Å². The van der Waals surface area contributed by atoms with Crippen molar-refractivity contribution in [2.24, 2.45) is 11.8 Å². The van der Waals surface area contributed by atoms with Gasteiger partial charge in [-0.3, -0.25) is 9.69 Å². The molecule has 3 heteroatoms. The van der Waals surface area contributed by atoms with Gasteiger partial charge in [0, 0.05) is 19.0 Å². The fourth-order valence-electron chi connectivity index (χ4n) is 2.97. The van der Waals surface area contributed by atoms with Gasteiger partial charge in [0.05, 0.1) is 0 Å². The summed E-state index contributed by atoms with van der Waals surface area (Å²) in [6, 6.07) is 8.67. The number of carbonyl (C=O) groups excluding carboxylic acids is 1. The lowest BCUT2D eigenvalue weighted by molar-refractivity contribution is -0.122. The monoisotopic (exact) mass is 272 g/mol. The summed E-state index contributed by atoms with van der Waals surface area (Å²) in [7, 11) is 0. The van der Waals surface area contributed by atoms with Crippen molar-refractivity contribution in [2.45, 2.75) is 39.3 Å². The van der Waals surface area contributed by atoms with Crippen LogP contribution in [-0.2, 0) is 17.9 Å². The van der Waals surface area contributed by atoms with E-state index in [4.69, 9.17) is 0 Å². The van der Waals surface area contributed by atoms with E-state index in [1.165, 1.54) is 37.1 Å². The first-order valence-corrected chi connectivity index (χ1v) is 7.80. The van der Waals surface area contributed by atoms with Crippen LogP contribution in [0.5, 0.6) is 0 Å². The third-order valence-electron chi connectivity index (χ3n) is 4.54. The fraction of sp³-hybridized carbons (Fsp3) is 0.588. The number of carbonyl (C=O) groups is 1. The van der Waals surface area contributed by atoms with Crippen molar-refractivity contribution in [3.8, 4) is 0 Å². The van der Waals surface area contributed by atoms with Crippen LogP contribution in [0.2, 0.25) is 0 Å². The molecule has 1 saturated heterocycles. The van der Waals surface area contributed by atoms with Crippen LogP contribution in [0.15, 0.2) is 24.3 Å². The van der Waals surface area contributed by atoms with Crippen LogP contribution in [0.25, 0.3) is 0 Å². The molecule has 0 bridgehead atoms. The minimum Gasteiger partial charge on any atom is -0.352 e. The molecule has 0 radical (unpaired) electrons. The second kappa shape index (κ2) is 5.96. The second-order valence-corrected chi connectivity index (χ2v) is 6.34. The summed E-state index contributed by atoms with van der Waals surface area (Å²) in [5.74, 6) is 1.07. The molecule has 3 nitrogen and oxygen atoms in total. The summed E-state index contributed by atoms with van der Waals surface area (Å²) in [4.78, 5) is 14.3. The molecule has 2 fully saturated rings. The normalized spacial score (nSPS) is 25.6. The highest BCUT2D eigenvalue weighted by Gasteiger charge is 2.38. The predicted molar refractivity (Wildman–Crippen MR) is 80.1 cm³/mol. The van der Waals surface area contributed by atoms with E-state index in [9.17, 15) is 4.79 Å². The van der Waals surface area contributed by atoms with Crippen molar-refractivity contribution >= 4 is 5.91 Å². The molecule has 20 heavy (non-hydrogen) atoms. The quantitative estimate of drug-likeness (QED) is 0.893. The van der Waals surface area contributed by atoms with Gasteiger partial charge in [0.25, 0.3) is 0 Å². The first-order valence-electron chi connectivity index (χ1n) is 7.80. The Morgan fingerprint density at radius 1 is 1.20 bits per heavy atom. The average molecular weight is 272 g/mol. The Labute approximate surface area is 121 Å². The largest absolute Gasteiger partial charge is 0.352 e. The smallest absolute Gasteiger partial charge is 0.223 e. The molecular weight excluding hydrogens is 248 g/mol. The number of likely N-dealkylation sites (tertiary alicyclic amines) is 1. The molecule has 0 aromatic heterocycles. The Bertz CT molecular complexity index is 462. The third-order valence-corrected chi connectivity index (χ3v) is 4.54. The van der Waals surface area contributed by atoms with Crippen LogP contribution in [0.3, 0.4) is 0 Å². The maximum Gasteiger partial charge on any atom is 0.223 e. The number of amides is 1. The van der Waals surface area contributed by atoms with Gasteiger partial charge in [-0.05, 0) is 49.4 Å². The van der Waals surface area contributed by atoms with E-state index in [1.54, 1.807) is 0 Å². The Kier molecular flexibility index (Phi) is 4.06. The molecule has 1 aromatic rings. The van der Waals surface area contributed by atoms with Crippen LogP contribution in [0.4, 0.5) is 0 Å². The van der Waals surface area contributed by atoms with Crippen molar-refractivity contribution in [3.05, 3.63) is 35.4 Å². The number of benzene rings is 1. The zero-order chi connectivity index (χ0) is 13.9. The predicted octanol–water partition coefficient (Wildman–Crippen LogP) is 2.55. The van der Waals surface area contributed by atoms with Gasteiger partial charge in [0.2, 0.25) is 5.91 Å². The minimum absolute atomic E-state index is 0.221. The molecular formula is C17H24N2O. The summed E-state index contributed by atoms with van der Waals surface area (Å²) in [5, 5.41) is 3.03. The molecule has 2 aliphatic rings. The number of nitrogens with zero attached hydrogens (tertiary/aromatic N) is 1. The highest BCUT2D eigenvalue weighted by molar-refractivity contribution is 5.81. The molecule has 0 spiro atoms. The molecule has 3 rings (SSSR count). The first-order chi connectivity index (χ1) is 9.72. The molecule has 0 unspecified atom stereocenters. The maximum absolute atomic E-state index is 11.8. The number of hydrogen-bond donors (Lipinski definition) is 1. The van der Waals surface area contributed by atoms with Gasteiger partial charge in [-0.1, -0.05) is 31.2 Å². The number of hydrogen-bond acceptors (Lipinski definition) is 2. The molecule has 2 atom stereocenters. The highest BCUT2D eigenvalue weighted by atomic mass is 16.2. The van der Waals surface area contributed by atoms with Crippen molar-refractivity contribution in [3.63, 3.8) is 0 Å². The van der Waals surface area contributed by atoms with Gasteiger partial charge in [-0.25, -0.2) is 0 Å². The van der Waals surface area contributed by atoms with E-state index in [1.807, 2.05) is 0 Å². The number of nitrogens with one attached hydrogen (secondary N) is 1. The molecule has 1 aliphatic carbocycles. The first kappa shape index (κ1) is 13.6. The van der Waals surface area contributed by atoms with Crippen LogP contribution in [0.1, 0.15) is 37.3 Å². The third kappa shape index (κ3) is 3.40. The standard InChI is InChI=1S/C17H24N2O/c1-13-10-16(13)17(20)18-11-14-4-6-15(7-5-14)12-19-8-2-3-9-19/h4-7,13,16H,2-3,8-12H2,1H3,(H,18,20)/t13-,16-/m0/s1. The summed E-state index contributed by atoms with van der Waals surface area (Å²) >= 11 is 0. The van der Waals surface area contributed by atoms with Crippen LogP contribution < -0.4 is 5.32 Å². The van der Waals surface area contributed by atoms with Gasteiger partial charge >= 0.3 is 0 Å². The van der Waals surface area contributed by atoms with Crippen molar-refractivity contribution in [2.75, 3.05) is 13.1 Å². The molecule has 1 aromatic carbocycles. The van der Waals surface area contributed by atoms with Crippen LogP contribution in [0, 0.1) is 11.8 Å². The van der Waals surface area contributed by atoms with E-state index < -0.39 is 0 Å². The van der Waals surface area contributed by atoms with Crippen molar-refractivity contribution in [1.82, 2.24) is 10.2 Å². The molecule has 108 valence electrons. The maximum atomic E-state index is 11.8. The van der Waals surface area contributed by atoms with E-state index >= 15 is 0 Å². The summed E-state index contributed by atoms with van der Waals surface area (Å²) < 4.78 is 0. The molecule has 1 N–H and O–H groups in total. The molecule has 1 heterocycles. The van der Waals surface area contributed by atoms with Gasteiger partial charge in [0.15, 0.2) is 0 Å². The lowest BCUT2D eigenvalue weighted by Crippen LogP contribution is -2.24. The van der Waals surface area contributed by atoms with E-state index in [0.29, 0.717) is 12.5 Å². The highest BCUT2D eigenvalue weighted by Crippen LogP contribution is 2.37. The Balaban J connectivity index is 1.47. The zero-order valence-corrected chi connectivity index (χ0v) is 12.3. The van der Waals surface area contributed by atoms with Crippen molar-refractivity contribution < 1.29 is 4.79 Å². The Morgan fingerprint density at radius 3 is 2.40 bits per heavy atom. The Morgan fingerprint density at radius 2 is 1.80 bits per heavy atom. The summed E-state index contributed by atoms with van der Waals surface area (Å²) in [6.07, 6.45) is 3.73. The molecule has 1 aliphatic heterocycles. The lowest BCUT2D eigenvalue weighted by atomic mass is 10.1. The van der Waals surface area contributed by atoms with Gasteiger partial charge in [-0.2, -0.15) is 0 Å². The molecule has 1 amide bonds. The Hall–Kier alpha value is -1.35. The lowest BCUT2D eigenvalue weighted by Gasteiger charge is -2.14. The SMILES string of the molecule is C[C@H]1C[C@@H]1C(=O)NCc1ccc(CN2CCCC2)cc1. The average Bonchev–Trinajstić information content (AvgIpc) is 2.98. The fourth-order valence-corrected chi connectivity index (χ4v) is 2.97. The topological polar surface area (TPSA) is 32.3 Å². The van der Waals surface area contributed by atoms with Crippen LogP contribution in [-0.4, -0.2) is 23.9 Å². The minimum atomic E-state index is 0.221. The second-order valence-electron chi connectivity index (χ2n) is 6.34.